The lowest BCUT2D eigenvalue weighted by Gasteiger charge is -2.11. The molecule has 134 valence electrons. The van der Waals surface area contributed by atoms with Gasteiger partial charge in [-0.1, -0.05) is 29.8 Å². The quantitative estimate of drug-likeness (QED) is 0.820. The monoisotopic (exact) mass is 392 g/mol. The maximum absolute atomic E-state index is 12.6. The van der Waals surface area contributed by atoms with Crippen molar-refractivity contribution in [3.05, 3.63) is 59.1 Å². The van der Waals surface area contributed by atoms with Crippen LogP contribution in [0.3, 0.4) is 0 Å². The maximum Gasteiger partial charge on any atom is 0.416 e. The molecule has 0 aliphatic carbocycles. The van der Waals surface area contributed by atoms with Gasteiger partial charge in [0.1, 0.15) is 4.90 Å². The number of hydrogen-bond donors (Lipinski definition) is 2. The normalized spacial score (nSPS) is 12.0. The standard InChI is InChI=1S/C15H12ClF3N2O3S/c16-12-6-1-2-7-13(12)25(23,24)20-9-14(22)21-11-5-3-4-10(8-11)15(17,18)19/h1-8,20H,9H2,(H,21,22). The van der Waals surface area contributed by atoms with Gasteiger partial charge in [-0.15, -0.1) is 0 Å². The predicted molar refractivity (Wildman–Crippen MR) is 86.7 cm³/mol. The smallest absolute Gasteiger partial charge is 0.325 e. The van der Waals surface area contributed by atoms with E-state index in [0.29, 0.717) is 0 Å². The Kier molecular flexibility index (Phi) is 5.71. The van der Waals surface area contributed by atoms with Crippen molar-refractivity contribution in [2.75, 3.05) is 11.9 Å². The molecule has 0 aliphatic heterocycles. The van der Waals surface area contributed by atoms with Gasteiger partial charge in [-0.2, -0.15) is 13.2 Å². The van der Waals surface area contributed by atoms with E-state index in [1.54, 1.807) is 6.07 Å². The molecule has 5 nitrogen and oxygen atoms in total. The molecule has 2 aromatic carbocycles. The van der Waals surface area contributed by atoms with Crippen LogP contribution in [-0.4, -0.2) is 20.9 Å². The minimum Gasteiger partial charge on any atom is -0.325 e. The number of rotatable bonds is 5. The van der Waals surface area contributed by atoms with Crippen molar-refractivity contribution in [2.24, 2.45) is 0 Å². The Morgan fingerprint density at radius 2 is 1.76 bits per heavy atom. The molecule has 0 aliphatic rings. The Bertz CT molecular complexity index is 886. The number of hydrogen-bond acceptors (Lipinski definition) is 3. The number of carbonyl (C=O) groups excluding carboxylic acids is 1. The molecule has 0 spiro atoms. The van der Waals surface area contributed by atoms with Crippen molar-refractivity contribution >= 4 is 33.2 Å². The SMILES string of the molecule is O=C(CNS(=O)(=O)c1ccccc1Cl)Nc1cccc(C(F)(F)F)c1. The van der Waals surface area contributed by atoms with E-state index in [9.17, 15) is 26.4 Å². The Balaban J connectivity index is 2.03. The lowest BCUT2D eigenvalue weighted by Crippen LogP contribution is -2.33. The van der Waals surface area contributed by atoms with Crippen LogP contribution in [0, 0.1) is 0 Å². The fourth-order valence-electron chi connectivity index (χ4n) is 1.88. The first kappa shape index (κ1) is 19.2. The second-order valence-electron chi connectivity index (χ2n) is 4.88. The fraction of sp³-hybridized carbons (Fsp3) is 0.133. The lowest BCUT2D eigenvalue weighted by molar-refractivity contribution is -0.137. The van der Waals surface area contributed by atoms with Crippen LogP contribution in [0.4, 0.5) is 18.9 Å². The first-order valence-electron chi connectivity index (χ1n) is 6.81. The summed E-state index contributed by atoms with van der Waals surface area (Å²) < 4.78 is 64.0. The molecule has 0 bridgehead atoms. The average molecular weight is 393 g/mol. The van der Waals surface area contributed by atoms with Crippen LogP contribution >= 0.6 is 11.6 Å². The molecule has 1 amide bonds. The zero-order valence-electron chi connectivity index (χ0n) is 12.5. The number of amides is 1. The van der Waals surface area contributed by atoms with Gasteiger partial charge in [0.05, 0.1) is 17.1 Å². The van der Waals surface area contributed by atoms with E-state index in [2.05, 4.69) is 5.32 Å². The first-order valence-corrected chi connectivity index (χ1v) is 8.67. The fourth-order valence-corrected chi connectivity index (χ4v) is 3.38. The summed E-state index contributed by atoms with van der Waals surface area (Å²) in [5, 5.41) is 2.17. The zero-order valence-corrected chi connectivity index (χ0v) is 14.0. The number of benzene rings is 2. The van der Waals surface area contributed by atoms with Crippen molar-refractivity contribution in [1.29, 1.82) is 0 Å². The Labute approximate surface area is 146 Å². The molecule has 0 atom stereocenters. The Morgan fingerprint density at radius 1 is 1.08 bits per heavy atom. The molecule has 0 saturated carbocycles. The van der Waals surface area contributed by atoms with E-state index in [-0.39, 0.29) is 15.6 Å². The summed E-state index contributed by atoms with van der Waals surface area (Å²) in [6, 6.07) is 9.64. The Hall–Kier alpha value is -2.10. The maximum atomic E-state index is 12.6. The van der Waals surface area contributed by atoms with Crippen LogP contribution < -0.4 is 10.0 Å². The van der Waals surface area contributed by atoms with Crippen LogP contribution in [0.5, 0.6) is 0 Å². The highest BCUT2D eigenvalue weighted by Crippen LogP contribution is 2.30. The summed E-state index contributed by atoms with van der Waals surface area (Å²) in [7, 11) is -4.03. The highest BCUT2D eigenvalue weighted by Gasteiger charge is 2.30. The van der Waals surface area contributed by atoms with Crippen molar-refractivity contribution in [3.8, 4) is 0 Å². The number of anilines is 1. The summed E-state index contributed by atoms with van der Waals surface area (Å²) in [5.74, 6) is -0.824. The van der Waals surface area contributed by atoms with E-state index in [0.717, 1.165) is 18.2 Å². The summed E-state index contributed by atoms with van der Waals surface area (Å²) in [4.78, 5) is 11.6. The van der Waals surface area contributed by atoms with Gasteiger partial charge in [-0.05, 0) is 30.3 Å². The van der Waals surface area contributed by atoms with Crippen LogP contribution in [0.1, 0.15) is 5.56 Å². The summed E-state index contributed by atoms with van der Waals surface area (Å²) in [5.41, 5.74) is -1.03. The molecule has 0 unspecified atom stereocenters. The molecule has 10 heteroatoms. The van der Waals surface area contributed by atoms with Gasteiger partial charge in [-0.25, -0.2) is 13.1 Å². The summed E-state index contributed by atoms with van der Waals surface area (Å²) >= 11 is 5.79. The van der Waals surface area contributed by atoms with E-state index in [1.807, 2.05) is 4.72 Å². The molecule has 0 aromatic heterocycles. The van der Waals surface area contributed by atoms with Crippen LogP contribution in [0.15, 0.2) is 53.4 Å². The highest BCUT2D eigenvalue weighted by atomic mass is 35.5. The first-order chi connectivity index (χ1) is 11.6. The average Bonchev–Trinajstić information content (AvgIpc) is 2.53. The third-order valence-electron chi connectivity index (χ3n) is 3.02. The molecule has 0 radical (unpaired) electrons. The number of nitrogens with one attached hydrogen (secondary N) is 2. The highest BCUT2D eigenvalue weighted by molar-refractivity contribution is 7.89. The van der Waals surface area contributed by atoms with Crippen molar-refractivity contribution in [2.45, 2.75) is 11.1 Å². The topological polar surface area (TPSA) is 75.3 Å². The third kappa shape index (κ3) is 5.18. The molecule has 0 saturated heterocycles. The van der Waals surface area contributed by atoms with Crippen LogP contribution in [0.2, 0.25) is 5.02 Å². The van der Waals surface area contributed by atoms with Gasteiger partial charge in [0.15, 0.2) is 0 Å². The second-order valence-corrected chi connectivity index (χ2v) is 7.02. The van der Waals surface area contributed by atoms with E-state index < -0.39 is 34.2 Å². The number of sulfonamides is 1. The minimum atomic E-state index is -4.55. The van der Waals surface area contributed by atoms with Crippen LogP contribution in [-0.2, 0) is 21.0 Å². The van der Waals surface area contributed by atoms with Gasteiger partial charge in [0.2, 0.25) is 15.9 Å². The molecule has 0 heterocycles. The van der Waals surface area contributed by atoms with E-state index >= 15 is 0 Å². The van der Waals surface area contributed by atoms with Gasteiger partial charge in [0.25, 0.3) is 0 Å². The van der Waals surface area contributed by atoms with E-state index in [4.69, 9.17) is 11.6 Å². The number of alkyl halides is 3. The predicted octanol–water partition coefficient (Wildman–Crippen LogP) is 3.28. The van der Waals surface area contributed by atoms with Crippen molar-refractivity contribution in [3.63, 3.8) is 0 Å². The summed E-state index contributed by atoms with van der Waals surface area (Å²) in [6.07, 6.45) is -4.55. The number of carbonyl (C=O) groups is 1. The molecular weight excluding hydrogens is 381 g/mol. The van der Waals surface area contributed by atoms with Gasteiger partial charge in [-0.3, -0.25) is 4.79 Å². The molecule has 2 rings (SSSR count). The van der Waals surface area contributed by atoms with Crippen molar-refractivity contribution < 1.29 is 26.4 Å². The van der Waals surface area contributed by atoms with Gasteiger partial charge in [0, 0.05) is 5.69 Å². The van der Waals surface area contributed by atoms with Gasteiger partial charge >= 0.3 is 6.18 Å². The molecular formula is C15H12ClF3N2O3S. The number of halogens is 4. The Morgan fingerprint density at radius 3 is 2.40 bits per heavy atom. The van der Waals surface area contributed by atoms with E-state index in [1.165, 1.54) is 24.3 Å². The third-order valence-corrected chi connectivity index (χ3v) is 4.92. The lowest BCUT2D eigenvalue weighted by atomic mass is 10.2. The molecule has 0 fully saturated rings. The molecule has 2 aromatic rings. The zero-order chi connectivity index (χ0) is 18.7. The summed E-state index contributed by atoms with van der Waals surface area (Å²) in [6.45, 7) is -0.663. The van der Waals surface area contributed by atoms with Crippen LogP contribution in [0.25, 0.3) is 0 Å². The minimum absolute atomic E-state index is 0.0201. The largest absolute Gasteiger partial charge is 0.416 e. The second kappa shape index (κ2) is 7.42. The molecule has 25 heavy (non-hydrogen) atoms. The van der Waals surface area contributed by atoms with Crippen molar-refractivity contribution in [1.82, 2.24) is 4.72 Å². The molecule has 2 N–H and O–H groups in total. The van der Waals surface area contributed by atoms with Gasteiger partial charge < -0.3 is 5.32 Å².